The van der Waals surface area contributed by atoms with Gasteiger partial charge in [0.1, 0.15) is 24.2 Å². The smallest absolute Gasteiger partial charge is 0.276 e. The van der Waals surface area contributed by atoms with Crippen LogP contribution in [0.3, 0.4) is 0 Å². The second kappa shape index (κ2) is 12.3. The van der Waals surface area contributed by atoms with Crippen molar-refractivity contribution in [3.8, 4) is 11.3 Å². The summed E-state index contributed by atoms with van der Waals surface area (Å²) in [5.74, 6) is -2.56. The molecule has 0 aromatic carbocycles. The number of aliphatic hydroxyl groups excluding tert-OH is 2. The Morgan fingerprint density at radius 1 is 1.38 bits per heavy atom. The number of hydrogen-bond acceptors (Lipinski definition) is 13. The van der Waals surface area contributed by atoms with Crippen molar-refractivity contribution in [3.63, 3.8) is 0 Å². The number of oxime groups is 1. The van der Waals surface area contributed by atoms with Crippen LogP contribution >= 0.6 is 23.1 Å². The van der Waals surface area contributed by atoms with E-state index in [4.69, 9.17) is 10.6 Å². The quantitative estimate of drug-likeness (QED) is 0.0789. The lowest BCUT2D eigenvalue weighted by Crippen LogP contribution is -2.71. The summed E-state index contributed by atoms with van der Waals surface area (Å²) in [4.78, 5) is 48.3. The Morgan fingerprint density at radius 2 is 2.19 bits per heavy atom. The maximum atomic E-state index is 13.1. The molecule has 0 bridgehead atoms. The number of carbonyl (C=O) groups is 3. The Hall–Kier alpha value is -4.32. The topological polar surface area (TPSA) is 212 Å². The maximum Gasteiger partial charge on any atom is 0.276 e. The number of hydrogen-bond donors (Lipinski definition) is 4. The van der Waals surface area contributed by atoms with E-state index in [0.29, 0.717) is 17.0 Å². The molecular formula is C25H26N8O7S2. The average molecular weight is 615 g/mol. The molecule has 1 saturated heterocycles. The van der Waals surface area contributed by atoms with Crippen molar-refractivity contribution in [1.82, 2.24) is 25.0 Å². The Balaban J connectivity index is 1.36. The van der Waals surface area contributed by atoms with Crippen molar-refractivity contribution in [2.75, 3.05) is 25.2 Å². The number of thioether (sulfide) groups is 1. The lowest BCUT2D eigenvalue weighted by molar-refractivity contribution is -0.688. The van der Waals surface area contributed by atoms with Crippen LogP contribution in [0.25, 0.3) is 11.3 Å². The molecule has 5 heterocycles. The predicted octanol–water partition coefficient (Wildman–Crippen LogP) is -2.18. The first-order chi connectivity index (χ1) is 20.2. The SMILES string of the molecule is CO/N=C(/C(=O)N[C@@H]1C(=O)N2C(C(=O)[O-])=C(C[n+]3cccc(-c4cc(CO)nn4CCO)c3)CS[C@H]12)c1csc(N)n1. The summed E-state index contributed by atoms with van der Waals surface area (Å²) in [6.45, 7) is -0.0238. The number of aliphatic carboxylic acids is 1. The summed E-state index contributed by atoms with van der Waals surface area (Å²) in [6, 6.07) is 4.31. The molecule has 3 aromatic rings. The molecule has 0 unspecified atom stereocenters. The fraction of sp³-hybridized carbons (Fsp3) is 0.320. The predicted molar refractivity (Wildman–Crippen MR) is 148 cm³/mol. The van der Waals surface area contributed by atoms with Gasteiger partial charge in [0.15, 0.2) is 29.8 Å². The third-order valence-corrected chi connectivity index (χ3v) is 8.53. The Kier molecular flexibility index (Phi) is 8.53. The largest absolute Gasteiger partial charge is 0.543 e. The molecule has 5 N–H and O–H groups in total. The molecule has 42 heavy (non-hydrogen) atoms. The van der Waals surface area contributed by atoms with Crippen molar-refractivity contribution in [2.24, 2.45) is 5.16 Å². The van der Waals surface area contributed by atoms with E-state index in [1.54, 1.807) is 33.8 Å². The monoisotopic (exact) mass is 614 g/mol. The van der Waals surface area contributed by atoms with E-state index in [0.717, 1.165) is 21.8 Å². The molecule has 5 rings (SSSR count). The molecular weight excluding hydrogens is 588 g/mol. The molecule has 17 heteroatoms. The fourth-order valence-corrected chi connectivity index (χ4v) is 6.62. The van der Waals surface area contributed by atoms with Crippen LogP contribution in [0.15, 0.2) is 52.4 Å². The number of nitrogens with two attached hydrogens (primary N) is 1. The van der Waals surface area contributed by atoms with Gasteiger partial charge in [-0.05, 0) is 12.1 Å². The highest BCUT2D eigenvalue weighted by molar-refractivity contribution is 8.00. The minimum absolute atomic E-state index is 0.141. The first-order valence-corrected chi connectivity index (χ1v) is 14.5. The van der Waals surface area contributed by atoms with Gasteiger partial charge in [0.2, 0.25) is 0 Å². The summed E-state index contributed by atoms with van der Waals surface area (Å²) in [6.07, 6.45) is 3.54. The number of carboxylic acids is 1. The highest BCUT2D eigenvalue weighted by Crippen LogP contribution is 2.40. The van der Waals surface area contributed by atoms with Gasteiger partial charge < -0.3 is 36.0 Å². The average Bonchev–Trinajstić information content (AvgIpc) is 3.60. The maximum absolute atomic E-state index is 13.1. The molecule has 2 aliphatic rings. The van der Waals surface area contributed by atoms with Gasteiger partial charge in [-0.3, -0.25) is 19.2 Å². The van der Waals surface area contributed by atoms with Crippen LogP contribution in [0.2, 0.25) is 0 Å². The molecule has 15 nitrogen and oxygen atoms in total. The van der Waals surface area contributed by atoms with Crippen molar-refractivity contribution < 1.29 is 39.1 Å². The highest BCUT2D eigenvalue weighted by atomic mass is 32.2. The van der Waals surface area contributed by atoms with E-state index in [9.17, 15) is 29.7 Å². The van der Waals surface area contributed by atoms with Crippen LogP contribution in [-0.2, 0) is 38.9 Å². The number of anilines is 1. The third kappa shape index (κ3) is 5.58. The third-order valence-electron chi connectivity index (χ3n) is 6.52. The Labute approximate surface area is 246 Å². The van der Waals surface area contributed by atoms with E-state index >= 15 is 0 Å². The van der Waals surface area contributed by atoms with Gasteiger partial charge in [-0.2, -0.15) is 5.10 Å². The number of rotatable bonds is 11. The lowest BCUT2D eigenvalue weighted by Gasteiger charge is -2.50. The molecule has 0 saturated carbocycles. The van der Waals surface area contributed by atoms with Crippen molar-refractivity contribution in [1.29, 1.82) is 0 Å². The van der Waals surface area contributed by atoms with Gasteiger partial charge in [-0.25, -0.2) is 9.55 Å². The zero-order valence-electron chi connectivity index (χ0n) is 22.2. The number of fused-ring (bicyclic) bond motifs is 1. The molecule has 3 aromatic heterocycles. The Bertz CT molecular complexity index is 1600. The fourth-order valence-electron chi connectivity index (χ4n) is 4.73. The molecule has 0 spiro atoms. The van der Waals surface area contributed by atoms with Crippen LogP contribution in [0.1, 0.15) is 11.4 Å². The van der Waals surface area contributed by atoms with E-state index in [2.05, 4.69) is 20.6 Å². The number of nitrogen functional groups attached to an aromatic ring is 1. The number of thiazole rings is 1. The number of nitrogens with zero attached hydrogens (tertiary/aromatic N) is 6. The molecule has 220 valence electrons. The normalized spacial score (nSPS) is 18.5. The lowest BCUT2D eigenvalue weighted by atomic mass is 10.0. The number of aliphatic hydroxyl groups is 2. The van der Waals surface area contributed by atoms with E-state index in [1.165, 1.54) is 24.3 Å². The summed E-state index contributed by atoms with van der Waals surface area (Å²) in [5.41, 5.74) is 7.73. The summed E-state index contributed by atoms with van der Waals surface area (Å²) in [7, 11) is 1.26. The van der Waals surface area contributed by atoms with Crippen LogP contribution in [0.5, 0.6) is 0 Å². The number of carboxylic acid groups (broad SMARTS) is 1. The molecule has 2 aliphatic heterocycles. The van der Waals surface area contributed by atoms with Crippen molar-refractivity contribution in [3.05, 3.63) is 58.6 Å². The highest BCUT2D eigenvalue weighted by Gasteiger charge is 2.53. The van der Waals surface area contributed by atoms with Gasteiger partial charge in [0, 0.05) is 22.8 Å². The van der Waals surface area contributed by atoms with Gasteiger partial charge in [-0.15, -0.1) is 23.1 Å². The van der Waals surface area contributed by atoms with E-state index in [1.807, 2.05) is 6.07 Å². The summed E-state index contributed by atoms with van der Waals surface area (Å²) < 4.78 is 3.34. The minimum Gasteiger partial charge on any atom is -0.543 e. The van der Waals surface area contributed by atoms with Crippen molar-refractivity contribution >= 4 is 51.7 Å². The van der Waals surface area contributed by atoms with Crippen molar-refractivity contribution in [2.45, 2.75) is 31.1 Å². The summed E-state index contributed by atoms with van der Waals surface area (Å²) in [5, 5.41) is 42.8. The first kappa shape index (κ1) is 29.2. The standard InChI is InChI=1S/C25H26N8O7S2/c1-40-30-18(16-12-42-25(26)27-16)21(36)28-19-22(37)33-20(24(38)39)14(11-41-23(19)33)9-31-4-2-3-13(8-31)17-7-15(10-35)29-32(17)5-6-34/h2-4,7-8,12,19,23,34-35H,5-6,9-11H2,1H3,(H3-,26,27,28,36,38,39)/b30-18+/t19-,23-/m1/s1. The molecule has 1 fully saturated rings. The van der Waals surface area contributed by atoms with Crippen LogP contribution in [0, 0.1) is 0 Å². The summed E-state index contributed by atoms with van der Waals surface area (Å²) >= 11 is 2.42. The van der Waals surface area contributed by atoms with E-state index < -0.39 is 29.2 Å². The number of pyridine rings is 1. The van der Waals surface area contributed by atoms with Crippen LogP contribution in [-0.4, -0.2) is 84.3 Å². The number of carbonyl (C=O) groups excluding carboxylic acids is 3. The molecule has 2 amide bonds. The van der Waals surface area contributed by atoms with Gasteiger partial charge in [-0.1, -0.05) is 5.16 Å². The number of amides is 2. The zero-order chi connectivity index (χ0) is 30.0. The minimum atomic E-state index is -1.50. The van der Waals surface area contributed by atoms with E-state index in [-0.39, 0.29) is 54.3 Å². The van der Waals surface area contributed by atoms with Gasteiger partial charge in [0.25, 0.3) is 11.8 Å². The van der Waals surface area contributed by atoms with Gasteiger partial charge >= 0.3 is 0 Å². The number of β-lactam (4-membered cyclic amide) rings is 1. The first-order valence-electron chi connectivity index (χ1n) is 12.5. The van der Waals surface area contributed by atoms with Crippen LogP contribution in [0.4, 0.5) is 5.13 Å². The molecule has 2 atom stereocenters. The van der Waals surface area contributed by atoms with Crippen LogP contribution < -0.4 is 20.7 Å². The zero-order valence-corrected chi connectivity index (χ0v) is 23.8. The second-order valence-corrected chi connectivity index (χ2v) is 11.2. The number of aromatic nitrogens is 4. The second-order valence-electron chi connectivity index (χ2n) is 9.18. The molecule has 0 radical (unpaired) electrons. The van der Waals surface area contributed by atoms with Gasteiger partial charge in [0.05, 0.1) is 48.4 Å². The number of nitrogens with one attached hydrogen (secondary N) is 1. The Morgan fingerprint density at radius 3 is 2.86 bits per heavy atom. The molecule has 0 aliphatic carbocycles.